The van der Waals surface area contributed by atoms with E-state index in [1.807, 2.05) is 24.3 Å². The Bertz CT molecular complexity index is 1080. The average molecular weight is 477 g/mol. The van der Waals surface area contributed by atoms with Gasteiger partial charge >= 0.3 is 0 Å². The average Bonchev–Trinajstić information content (AvgIpc) is 2.90. The van der Waals surface area contributed by atoms with Crippen molar-refractivity contribution in [3.8, 4) is 0 Å². The minimum Gasteiger partial charge on any atom is -0.399 e. The Morgan fingerprint density at radius 3 is 1.08 bits per heavy atom. The molecular weight excluding hydrogens is 436 g/mol. The number of nitrogens with two attached hydrogens (primary N) is 2. The normalized spacial score (nSPS) is 11.2. The number of hydrogen-bond donors (Lipinski definition) is 2. The molecule has 0 aliphatic heterocycles. The predicted octanol–water partition coefficient (Wildman–Crippen LogP) is 8.01. The van der Waals surface area contributed by atoms with Gasteiger partial charge in [0.15, 0.2) is 0 Å². The van der Waals surface area contributed by atoms with Crippen LogP contribution in [0.15, 0.2) is 97.1 Å². The Morgan fingerprint density at radius 1 is 0.444 bits per heavy atom. The molecule has 4 rings (SSSR count). The van der Waals surface area contributed by atoms with Crippen LogP contribution in [0.25, 0.3) is 0 Å². The van der Waals surface area contributed by atoms with E-state index in [2.05, 4.69) is 79.7 Å². The summed E-state index contributed by atoms with van der Waals surface area (Å²) in [5, 5.41) is 0. The molecule has 0 spiro atoms. The predicted molar refractivity (Wildman–Crippen MR) is 155 cm³/mol. The van der Waals surface area contributed by atoms with E-state index in [1.54, 1.807) is 0 Å². The Hall–Kier alpha value is -3.52. The summed E-state index contributed by atoms with van der Waals surface area (Å²) in [6.45, 7) is 2.31. The highest BCUT2D eigenvalue weighted by molar-refractivity contribution is 5.41. The summed E-state index contributed by atoms with van der Waals surface area (Å²) >= 11 is 0. The molecule has 0 aliphatic rings. The molecule has 0 saturated heterocycles. The molecule has 2 heteroatoms. The number of hydrogen-bond acceptors (Lipinski definition) is 2. The van der Waals surface area contributed by atoms with Crippen molar-refractivity contribution in [2.75, 3.05) is 11.5 Å². The lowest BCUT2D eigenvalue weighted by atomic mass is 9.89. The summed E-state index contributed by atoms with van der Waals surface area (Å²) in [7, 11) is 0. The molecule has 0 aliphatic carbocycles. The number of aryl methyl sites for hydroxylation is 2. The van der Waals surface area contributed by atoms with Gasteiger partial charge in [-0.25, -0.2) is 0 Å². The van der Waals surface area contributed by atoms with Gasteiger partial charge in [0.2, 0.25) is 0 Å². The Labute approximate surface area is 217 Å². The van der Waals surface area contributed by atoms with Crippen LogP contribution in [0.1, 0.15) is 66.0 Å². The first-order valence-corrected chi connectivity index (χ1v) is 13.4. The fourth-order valence-corrected chi connectivity index (χ4v) is 4.97. The zero-order valence-corrected chi connectivity index (χ0v) is 21.6. The zero-order valence-electron chi connectivity index (χ0n) is 21.6. The van der Waals surface area contributed by atoms with E-state index < -0.39 is 0 Å². The van der Waals surface area contributed by atoms with Crippen molar-refractivity contribution in [2.45, 2.75) is 58.3 Å². The fraction of sp³-hybridized carbons (Fsp3) is 0.294. The SMILES string of the molecule is CCCC(CCc1ccc(Cc2ccc(N)cc2)cc1)CCc1ccc(Cc2ccc(N)cc2)cc1. The summed E-state index contributed by atoms with van der Waals surface area (Å²) in [5.41, 5.74) is 21.5. The van der Waals surface area contributed by atoms with Gasteiger partial charge in [-0.05, 0) is 102 Å². The fourth-order valence-electron chi connectivity index (χ4n) is 4.97. The molecule has 186 valence electrons. The molecule has 0 saturated carbocycles. The molecule has 0 unspecified atom stereocenters. The summed E-state index contributed by atoms with van der Waals surface area (Å²) in [6.07, 6.45) is 9.33. The van der Waals surface area contributed by atoms with Gasteiger partial charge in [-0.15, -0.1) is 0 Å². The van der Waals surface area contributed by atoms with E-state index in [1.165, 1.54) is 59.1 Å². The minimum atomic E-state index is 0.777. The van der Waals surface area contributed by atoms with E-state index in [9.17, 15) is 0 Å². The van der Waals surface area contributed by atoms with Gasteiger partial charge < -0.3 is 11.5 Å². The second-order valence-electron chi connectivity index (χ2n) is 10.2. The third-order valence-electron chi connectivity index (χ3n) is 7.20. The molecule has 4 aromatic carbocycles. The topological polar surface area (TPSA) is 52.0 Å². The van der Waals surface area contributed by atoms with Crippen LogP contribution in [0.2, 0.25) is 0 Å². The second-order valence-corrected chi connectivity index (χ2v) is 10.2. The molecule has 0 heterocycles. The van der Waals surface area contributed by atoms with Crippen molar-refractivity contribution in [3.63, 3.8) is 0 Å². The maximum atomic E-state index is 5.81. The largest absolute Gasteiger partial charge is 0.399 e. The molecule has 0 fully saturated rings. The molecule has 0 amide bonds. The van der Waals surface area contributed by atoms with Crippen LogP contribution in [0.3, 0.4) is 0 Å². The smallest absolute Gasteiger partial charge is 0.0314 e. The highest BCUT2D eigenvalue weighted by Gasteiger charge is 2.09. The summed E-state index contributed by atoms with van der Waals surface area (Å²) in [5.74, 6) is 0.777. The first-order chi connectivity index (χ1) is 17.6. The Morgan fingerprint density at radius 2 is 0.750 bits per heavy atom. The first-order valence-electron chi connectivity index (χ1n) is 13.4. The molecular formula is C34H40N2. The molecule has 0 atom stereocenters. The molecule has 0 aromatic heterocycles. The van der Waals surface area contributed by atoms with Gasteiger partial charge in [-0.2, -0.15) is 0 Å². The van der Waals surface area contributed by atoms with E-state index in [0.717, 1.165) is 43.0 Å². The lowest BCUT2D eigenvalue weighted by Gasteiger charge is -2.16. The van der Waals surface area contributed by atoms with Crippen molar-refractivity contribution < 1.29 is 0 Å². The van der Waals surface area contributed by atoms with Gasteiger partial charge in [0, 0.05) is 11.4 Å². The molecule has 4 aromatic rings. The van der Waals surface area contributed by atoms with E-state index in [-0.39, 0.29) is 0 Å². The highest BCUT2D eigenvalue weighted by atomic mass is 14.5. The van der Waals surface area contributed by atoms with Gasteiger partial charge in [0.25, 0.3) is 0 Å². The molecule has 0 bridgehead atoms. The minimum absolute atomic E-state index is 0.777. The number of anilines is 2. The maximum absolute atomic E-state index is 5.81. The van der Waals surface area contributed by atoms with Crippen molar-refractivity contribution in [1.29, 1.82) is 0 Å². The second kappa shape index (κ2) is 13.0. The van der Waals surface area contributed by atoms with Gasteiger partial charge in [0.05, 0.1) is 0 Å². The van der Waals surface area contributed by atoms with Gasteiger partial charge in [0.1, 0.15) is 0 Å². The van der Waals surface area contributed by atoms with Crippen LogP contribution < -0.4 is 11.5 Å². The van der Waals surface area contributed by atoms with E-state index >= 15 is 0 Å². The highest BCUT2D eigenvalue weighted by Crippen LogP contribution is 2.22. The third-order valence-corrected chi connectivity index (χ3v) is 7.20. The lowest BCUT2D eigenvalue weighted by Crippen LogP contribution is -2.04. The Kier molecular flexibility index (Phi) is 9.21. The third kappa shape index (κ3) is 8.02. The lowest BCUT2D eigenvalue weighted by molar-refractivity contribution is 0.416. The summed E-state index contributed by atoms with van der Waals surface area (Å²) in [6, 6.07) is 34.8. The van der Waals surface area contributed by atoms with Crippen molar-refractivity contribution in [1.82, 2.24) is 0 Å². The van der Waals surface area contributed by atoms with Crippen molar-refractivity contribution in [3.05, 3.63) is 130 Å². The van der Waals surface area contributed by atoms with Gasteiger partial charge in [-0.3, -0.25) is 0 Å². The van der Waals surface area contributed by atoms with Crippen molar-refractivity contribution >= 4 is 11.4 Å². The summed E-state index contributed by atoms with van der Waals surface area (Å²) < 4.78 is 0. The van der Waals surface area contributed by atoms with Crippen LogP contribution in [0.5, 0.6) is 0 Å². The van der Waals surface area contributed by atoms with Crippen LogP contribution in [0, 0.1) is 5.92 Å². The quantitative estimate of drug-likeness (QED) is 0.203. The first kappa shape index (κ1) is 25.6. The van der Waals surface area contributed by atoms with Crippen molar-refractivity contribution in [2.24, 2.45) is 5.92 Å². The molecule has 2 nitrogen and oxygen atoms in total. The Balaban J connectivity index is 1.24. The van der Waals surface area contributed by atoms with E-state index in [4.69, 9.17) is 11.5 Å². The summed E-state index contributed by atoms with van der Waals surface area (Å²) in [4.78, 5) is 0. The number of benzene rings is 4. The van der Waals surface area contributed by atoms with Gasteiger partial charge in [-0.1, -0.05) is 92.6 Å². The van der Waals surface area contributed by atoms with Crippen LogP contribution >= 0.6 is 0 Å². The molecule has 0 radical (unpaired) electrons. The number of nitrogen functional groups attached to an aromatic ring is 2. The van der Waals surface area contributed by atoms with E-state index in [0.29, 0.717) is 0 Å². The monoisotopic (exact) mass is 476 g/mol. The zero-order chi connectivity index (χ0) is 25.2. The van der Waals surface area contributed by atoms with Crippen LogP contribution in [-0.2, 0) is 25.7 Å². The maximum Gasteiger partial charge on any atom is 0.0314 e. The molecule has 36 heavy (non-hydrogen) atoms. The van der Waals surface area contributed by atoms with Crippen LogP contribution in [0.4, 0.5) is 11.4 Å². The van der Waals surface area contributed by atoms with Crippen LogP contribution in [-0.4, -0.2) is 0 Å². The molecule has 4 N–H and O–H groups in total. The standard InChI is InChI=1S/C34H40N2/c1-2-3-26(4-6-27-8-12-29(13-9-27)24-31-16-20-33(35)21-17-31)5-7-28-10-14-30(15-11-28)25-32-18-22-34(36)23-19-32/h8-23,26H,2-7,24-25,35-36H2,1H3. The number of rotatable bonds is 12.